The molecule has 9 heteroatoms. The maximum atomic E-state index is 12.5. The lowest BCUT2D eigenvalue weighted by atomic mass is 10.2. The lowest BCUT2D eigenvalue weighted by Crippen LogP contribution is -2.39. The van der Waals surface area contributed by atoms with Gasteiger partial charge in [-0.1, -0.05) is 41.9 Å². The smallest absolute Gasteiger partial charge is 0.334 e. The molecule has 2 N–H and O–H groups in total. The number of amides is 3. The van der Waals surface area contributed by atoms with Crippen molar-refractivity contribution in [3.63, 3.8) is 0 Å². The number of benzene rings is 1. The predicted octanol–water partition coefficient (Wildman–Crippen LogP) is 3.39. The Bertz CT molecular complexity index is 751. The number of carbonyl (C=O) groups excluding carboxylic acids is 2. The summed E-state index contributed by atoms with van der Waals surface area (Å²) < 4.78 is 37.5. The SMILES string of the molecule is O=C(NCc1ccccc1)NC(=O)c1ccc(C(F)(F)F)nc1Cl. The number of imide groups is 1. The molecular formula is C15H11ClF3N3O2. The van der Waals surface area contributed by atoms with E-state index < -0.39 is 29.0 Å². The minimum absolute atomic E-state index is 0.180. The van der Waals surface area contributed by atoms with E-state index in [4.69, 9.17) is 11.6 Å². The van der Waals surface area contributed by atoms with Crippen LogP contribution in [0, 0.1) is 0 Å². The maximum absolute atomic E-state index is 12.5. The molecule has 0 aliphatic heterocycles. The van der Waals surface area contributed by atoms with Gasteiger partial charge in [-0.25, -0.2) is 9.78 Å². The van der Waals surface area contributed by atoms with Crippen molar-refractivity contribution in [1.82, 2.24) is 15.6 Å². The van der Waals surface area contributed by atoms with Crippen molar-refractivity contribution in [2.45, 2.75) is 12.7 Å². The van der Waals surface area contributed by atoms with E-state index in [1.54, 1.807) is 24.3 Å². The Labute approximate surface area is 139 Å². The second kappa shape index (κ2) is 7.31. The van der Waals surface area contributed by atoms with Crippen molar-refractivity contribution < 1.29 is 22.8 Å². The highest BCUT2D eigenvalue weighted by Crippen LogP contribution is 2.29. The van der Waals surface area contributed by atoms with Crippen LogP contribution in [0.15, 0.2) is 42.5 Å². The molecule has 0 unspecified atom stereocenters. The third-order valence-corrected chi connectivity index (χ3v) is 3.19. The van der Waals surface area contributed by atoms with E-state index >= 15 is 0 Å². The van der Waals surface area contributed by atoms with Gasteiger partial charge in [-0.2, -0.15) is 13.2 Å². The standard InChI is InChI=1S/C15H11ClF3N3O2/c16-12-10(6-7-11(21-12)15(17,18)19)13(23)22-14(24)20-8-9-4-2-1-3-5-9/h1-7H,8H2,(H2,20,22,23,24). The minimum atomic E-state index is -4.67. The van der Waals surface area contributed by atoms with Gasteiger partial charge in [-0.15, -0.1) is 0 Å². The summed E-state index contributed by atoms with van der Waals surface area (Å²) in [6.07, 6.45) is -4.67. The normalized spacial score (nSPS) is 11.0. The quantitative estimate of drug-likeness (QED) is 0.827. The molecular weight excluding hydrogens is 347 g/mol. The summed E-state index contributed by atoms with van der Waals surface area (Å²) in [5.74, 6) is -0.952. The van der Waals surface area contributed by atoms with Gasteiger partial charge in [-0.3, -0.25) is 10.1 Å². The summed E-state index contributed by atoms with van der Waals surface area (Å²) >= 11 is 5.58. The van der Waals surface area contributed by atoms with E-state index in [1.165, 1.54) is 0 Å². The molecule has 3 amide bonds. The summed E-state index contributed by atoms with van der Waals surface area (Å²) in [6.45, 7) is 0.180. The van der Waals surface area contributed by atoms with Gasteiger partial charge in [0.05, 0.1) is 5.56 Å². The Morgan fingerprint density at radius 3 is 2.33 bits per heavy atom. The summed E-state index contributed by atoms with van der Waals surface area (Å²) in [5.41, 5.74) is -0.744. The highest BCUT2D eigenvalue weighted by Gasteiger charge is 2.33. The van der Waals surface area contributed by atoms with E-state index in [0.717, 1.165) is 11.6 Å². The number of pyridine rings is 1. The van der Waals surface area contributed by atoms with Crippen molar-refractivity contribution in [3.05, 3.63) is 64.4 Å². The monoisotopic (exact) mass is 357 g/mol. The van der Waals surface area contributed by atoms with Crippen molar-refractivity contribution in [2.75, 3.05) is 0 Å². The van der Waals surface area contributed by atoms with Crippen molar-refractivity contribution in [2.24, 2.45) is 0 Å². The van der Waals surface area contributed by atoms with Crippen LogP contribution in [0.2, 0.25) is 5.15 Å². The van der Waals surface area contributed by atoms with Gasteiger partial charge in [-0.05, 0) is 17.7 Å². The van der Waals surface area contributed by atoms with Crippen LogP contribution in [0.3, 0.4) is 0 Å². The molecule has 0 saturated heterocycles. The second-order valence-electron chi connectivity index (χ2n) is 4.66. The van der Waals surface area contributed by atoms with E-state index in [0.29, 0.717) is 6.07 Å². The fourth-order valence-corrected chi connectivity index (χ4v) is 1.99. The zero-order chi connectivity index (χ0) is 17.7. The third kappa shape index (κ3) is 4.69. The van der Waals surface area contributed by atoms with E-state index in [1.807, 2.05) is 11.4 Å². The fraction of sp³-hybridized carbons (Fsp3) is 0.133. The Morgan fingerprint density at radius 1 is 1.08 bits per heavy atom. The number of urea groups is 1. The summed E-state index contributed by atoms with van der Waals surface area (Å²) in [7, 11) is 0. The number of nitrogens with one attached hydrogen (secondary N) is 2. The van der Waals surface area contributed by atoms with Gasteiger partial charge >= 0.3 is 12.2 Å². The van der Waals surface area contributed by atoms with Crippen molar-refractivity contribution in [3.8, 4) is 0 Å². The molecule has 126 valence electrons. The number of alkyl halides is 3. The van der Waals surface area contributed by atoms with E-state index in [2.05, 4.69) is 10.3 Å². The van der Waals surface area contributed by atoms with Crippen LogP contribution in [-0.2, 0) is 12.7 Å². The second-order valence-corrected chi connectivity index (χ2v) is 5.01. The highest BCUT2D eigenvalue weighted by molar-refractivity contribution is 6.33. The fourth-order valence-electron chi connectivity index (χ4n) is 1.75. The molecule has 0 aliphatic rings. The largest absolute Gasteiger partial charge is 0.433 e. The van der Waals surface area contributed by atoms with Crippen LogP contribution < -0.4 is 10.6 Å². The summed E-state index contributed by atoms with van der Waals surface area (Å²) in [4.78, 5) is 26.6. The first-order valence-electron chi connectivity index (χ1n) is 6.64. The van der Waals surface area contributed by atoms with E-state index in [9.17, 15) is 22.8 Å². The molecule has 0 spiro atoms. The number of nitrogens with zero attached hydrogens (tertiary/aromatic N) is 1. The first kappa shape index (κ1) is 17.7. The van der Waals surface area contributed by atoms with Crippen LogP contribution in [0.1, 0.15) is 21.6 Å². The lowest BCUT2D eigenvalue weighted by molar-refractivity contribution is -0.141. The Balaban J connectivity index is 1.98. The molecule has 5 nitrogen and oxygen atoms in total. The van der Waals surface area contributed by atoms with Gasteiger partial charge in [0.2, 0.25) is 0 Å². The van der Waals surface area contributed by atoms with Crippen LogP contribution >= 0.6 is 11.6 Å². The number of halogens is 4. The molecule has 0 atom stereocenters. The van der Waals surface area contributed by atoms with Crippen LogP contribution in [-0.4, -0.2) is 16.9 Å². The third-order valence-electron chi connectivity index (χ3n) is 2.91. The molecule has 1 aromatic carbocycles. The summed E-state index contributed by atoms with van der Waals surface area (Å²) in [6, 6.07) is 9.60. The number of rotatable bonds is 3. The number of hydrogen-bond donors (Lipinski definition) is 2. The van der Waals surface area contributed by atoms with E-state index in [-0.39, 0.29) is 12.1 Å². The number of carbonyl (C=O) groups is 2. The molecule has 0 bridgehead atoms. The number of hydrogen-bond acceptors (Lipinski definition) is 3. The Hall–Kier alpha value is -2.61. The number of aromatic nitrogens is 1. The lowest BCUT2D eigenvalue weighted by Gasteiger charge is -2.09. The molecule has 0 fully saturated rings. The van der Waals surface area contributed by atoms with Crippen LogP contribution in [0.25, 0.3) is 0 Å². The Morgan fingerprint density at radius 2 is 1.75 bits per heavy atom. The topological polar surface area (TPSA) is 71.1 Å². The van der Waals surface area contributed by atoms with Gasteiger partial charge in [0.15, 0.2) is 0 Å². The average Bonchev–Trinajstić information content (AvgIpc) is 2.53. The molecule has 0 aliphatic carbocycles. The Kier molecular flexibility index (Phi) is 5.40. The summed E-state index contributed by atoms with van der Waals surface area (Å²) in [5, 5.41) is 3.77. The highest BCUT2D eigenvalue weighted by atomic mass is 35.5. The van der Waals surface area contributed by atoms with Gasteiger partial charge in [0, 0.05) is 6.54 Å². The molecule has 2 aromatic rings. The first-order valence-corrected chi connectivity index (χ1v) is 7.02. The molecule has 0 radical (unpaired) electrons. The molecule has 0 saturated carbocycles. The minimum Gasteiger partial charge on any atom is -0.334 e. The van der Waals surface area contributed by atoms with Gasteiger partial charge in [0.1, 0.15) is 10.8 Å². The average molecular weight is 358 g/mol. The van der Waals surface area contributed by atoms with Crippen LogP contribution in [0.4, 0.5) is 18.0 Å². The maximum Gasteiger partial charge on any atom is 0.433 e. The predicted molar refractivity (Wildman–Crippen MR) is 80.4 cm³/mol. The zero-order valence-electron chi connectivity index (χ0n) is 12.0. The van der Waals surface area contributed by atoms with Crippen molar-refractivity contribution >= 4 is 23.5 Å². The molecule has 1 heterocycles. The van der Waals surface area contributed by atoms with Gasteiger partial charge in [0.25, 0.3) is 5.91 Å². The van der Waals surface area contributed by atoms with Crippen molar-refractivity contribution in [1.29, 1.82) is 0 Å². The van der Waals surface area contributed by atoms with Gasteiger partial charge < -0.3 is 5.32 Å². The molecule has 24 heavy (non-hydrogen) atoms. The first-order chi connectivity index (χ1) is 11.3. The molecule has 1 aromatic heterocycles. The zero-order valence-corrected chi connectivity index (χ0v) is 12.8. The molecule has 2 rings (SSSR count). The van der Waals surface area contributed by atoms with Crippen LogP contribution in [0.5, 0.6) is 0 Å².